The van der Waals surface area contributed by atoms with E-state index in [0.717, 1.165) is 11.1 Å². The van der Waals surface area contributed by atoms with Crippen molar-refractivity contribution in [3.05, 3.63) is 58.1 Å². The van der Waals surface area contributed by atoms with Crippen LogP contribution in [0, 0.1) is 0 Å². The van der Waals surface area contributed by atoms with Crippen LogP contribution < -0.4 is 14.8 Å². The summed E-state index contributed by atoms with van der Waals surface area (Å²) in [7, 11) is 3.06. The summed E-state index contributed by atoms with van der Waals surface area (Å²) in [5, 5.41) is 12.7. The molecule has 1 aliphatic heterocycles. The molecule has 7 nitrogen and oxygen atoms in total. The second-order valence-electron chi connectivity index (χ2n) is 7.10. The maximum Gasteiger partial charge on any atom is 0.336 e. The average Bonchev–Trinajstić information content (AvgIpc) is 3.22. The van der Waals surface area contributed by atoms with Gasteiger partial charge in [-0.15, -0.1) is 0 Å². The van der Waals surface area contributed by atoms with E-state index in [-0.39, 0.29) is 23.9 Å². The van der Waals surface area contributed by atoms with E-state index >= 15 is 0 Å². The van der Waals surface area contributed by atoms with Crippen LogP contribution in [0.1, 0.15) is 34.3 Å². The quantitative estimate of drug-likeness (QED) is 0.662. The Balaban J connectivity index is 1.76. The number of aliphatic carboxylic acids is 1. The number of ether oxygens (including phenoxy) is 3. The number of methoxy groups -OCH3 is 2. The van der Waals surface area contributed by atoms with Gasteiger partial charge in [-0.05, 0) is 42.7 Å². The standard InChI is InChI=1S/C22H24ClNO6/c1-28-16-5-6-17(18(23)11-16)20(25)24-13-15-10-14(4-7-19(15)29-2)12-22(21(26)27)8-3-9-30-22/h4-7,10-11H,3,8-9,12-13H2,1-2H3,(H,24,25)(H,26,27). The molecule has 0 aromatic heterocycles. The lowest BCUT2D eigenvalue weighted by molar-refractivity contribution is -0.159. The Hall–Kier alpha value is -2.77. The fourth-order valence-corrected chi connectivity index (χ4v) is 3.82. The predicted octanol–water partition coefficient (Wildman–Crippen LogP) is 3.46. The first-order valence-electron chi connectivity index (χ1n) is 9.53. The summed E-state index contributed by atoms with van der Waals surface area (Å²) in [6.45, 7) is 0.632. The maximum atomic E-state index is 12.6. The molecule has 0 bridgehead atoms. The van der Waals surface area contributed by atoms with Crippen molar-refractivity contribution < 1.29 is 28.9 Å². The number of amides is 1. The van der Waals surface area contributed by atoms with Gasteiger partial charge in [-0.1, -0.05) is 23.7 Å². The first kappa shape index (κ1) is 21.9. The van der Waals surface area contributed by atoms with E-state index in [0.29, 0.717) is 36.5 Å². The maximum absolute atomic E-state index is 12.6. The number of carboxylic acid groups (broad SMARTS) is 1. The van der Waals surface area contributed by atoms with Gasteiger partial charge in [0.1, 0.15) is 11.5 Å². The molecule has 1 aliphatic rings. The summed E-state index contributed by atoms with van der Waals surface area (Å²) >= 11 is 6.17. The highest BCUT2D eigenvalue weighted by molar-refractivity contribution is 6.34. The topological polar surface area (TPSA) is 94.1 Å². The first-order valence-corrected chi connectivity index (χ1v) is 9.91. The lowest BCUT2D eigenvalue weighted by atomic mass is 9.91. The number of benzene rings is 2. The molecule has 160 valence electrons. The van der Waals surface area contributed by atoms with E-state index in [9.17, 15) is 14.7 Å². The van der Waals surface area contributed by atoms with E-state index in [1.165, 1.54) is 7.11 Å². The zero-order valence-corrected chi connectivity index (χ0v) is 17.6. The monoisotopic (exact) mass is 433 g/mol. The van der Waals surface area contributed by atoms with Crippen molar-refractivity contribution in [3.63, 3.8) is 0 Å². The average molecular weight is 434 g/mol. The van der Waals surface area contributed by atoms with E-state index in [2.05, 4.69) is 5.32 Å². The molecule has 1 unspecified atom stereocenters. The molecule has 2 aromatic carbocycles. The van der Waals surface area contributed by atoms with Gasteiger partial charge in [-0.25, -0.2) is 4.79 Å². The number of carbonyl (C=O) groups is 2. The zero-order chi connectivity index (χ0) is 21.7. The van der Waals surface area contributed by atoms with Gasteiger partial charge in [0.2, 0.25) is 0 Å². The molecule has 1 saturated heterocycles. The Kier molecular flexibility index (Phi) is 6.84. The van der Waals surface area contributed by atoms with Crippen molar-refractivity contribution in [1.82, 2.24) is 5.32 Å². The smallest absolute Gasteiger partial charge is 0.336 e. The van der Waals surface area contributed by atoms with Crippen LogP contribution in [0.4, 0.5) is 0 Å². The SMILES string of the molecule is COc1ccc(C(=O)NCc2cc(CC3(C(=O)O)CCCO3)ccc2OC)c(Cl)c1. The first-order chi connectivity index (χ1) is 14.4. The van der Waals surface area contributed by atoms with Crippen molar-refractivity contribution in [2.45, 2.75) is 31.4 Å². The summed E-state index contributed by atoms with van der Waals surface area (Å²) in [6.07, 6.45) is 1.43. The third kappa shape index (κ3) is 4.68. The van der Waals surface area contributed by atoms with Gasteiger partial charge in [-0.3, -0.25) is 4.79 Å². The number of nitrogens with one attached hydrogen (secondary N) is 1. The van der Waals surface area contributed by atoms with Crippen LogP contribution in [-0.2, 0) is 22.5 Å². The second kappa shape index (κ2) is 9.36. The molecule has 30 heavy (non-hydrogen) atoms. The molecular weight excluding hydrogens is 410 g/mol. The Morgan fingerprint density at radius 2 is 2.00 bits per heavy atom. The van der Waals surface area contributed by atoms with E-state index in [4.69, 9.17) is 25.8 Å². The zero-order valence-electron chi connectivity index (χ0n) is 16.9. The number of rotatable bonds is 8. The third-order valence-electron chi connectivity index (χ3n) is 5.19. The lowest BCUT2D eigenvalue weighted by Crippen LogP contribution is -2.40. The fraction of sp³-hybridized carbons (Fsp3) is 0.364. The van der Waals surface area contributed by atoms with Crippen LogP contribution in [0.3, 0.4) is 0 Å². The molecule has 0 spiro atoms. The Bertz CT molecular complexity index is 939. The van der Waals surface area contributed by atoms with Crippen molar-refractivity contribution >= 4 is 23.5 Å². The molecule has 2 aromatic rings. The van der Waals surface area contributed by atoms with Gasteiger partial charge in [0.05, 0.1) is 24.8 Å². The summed E-state index contributed by atoms with van der Waals surface area (Å²) in [6, 6.07) is 10.2. The highest BCUT2D eigenvalue weighted by atomic mass is 35.5. The molecular formula is C22H24ClNO6. The van der Waals surface area contributed by atoms with Crippen LogP contribution in [-0.4, -0.2) is 43.4 Å². The largest absolute Gasteiger partial charge is 0.497 e. The Morgan fingerprint density at radius 1 is 1.20 bits per heavy atom. The van der Waals surface area contributed by atoms with E-state index < -0.39 is 11.6 Å². The molecule has 3 rings (SSSR count). The van der Waals surface area contributed by atoms with Gasteiger partial charge in [-0.2, -0.15) is 0 Å². The molecule has 8 heteroatoms. The minimum atomic E-state index is -1.20. The number of hydrogen-bond acceptors (Lipinski definition) is 5. The number of carboxylic acids is 1. The minimum absolute atomic E-state index is 0.194. The minimum Gasteiger partial charge on any atom is -0.497 e. The van der Waals surface area contributed by atoms with Crippen LogP contribution >= 0.6 is 11.6 Å². The van der Waals surface area contributed by atoms with Crippen molar-refractivity contribution in [3.8, 4) is 11.5 Å². The normalized spacial score (nSPS) is 18.1. The van der Waals surface area contributed by atoms with Gasteiger partial charge in [0, 0.05) is 25.1 Å². The summed E-state index contributed by atoms with van der Waals surface area (Å²) in [5.41, 5.74) is 0.654. The molecule has 2 N–H and O–H groups in total. The molecule has 0 saturated carbocycles. The fourth-order valence-electron chi connectivity index (χ4n) is 3.57. The summed E-state index contributed by atoms with van der Waals surface area (Å²) < 4.78 is 16.1. The predicted molar refractivity (Wildman–Crippen MR) is 111 cm³/mol. The molecule has 1 amide bonds. The molecule has 1 fully saturated rings. The third-order valence-corrected chi connectivity index (χ3v) is 5.50. The van der Waals surface area contributed by atoms with E-state index in [1.54, 1.807) is 31.4 Å². The molecule has 1 heterocycles. The molecule has 0 aliphatic carbocycles. The van der Waals surface area contributed by atoms with Gasteiger partial charge < -0.3 is 24.6 Å². The van der Waals surface area contributed by atoms with E-state index in [1.807, 2.05) is 12.1 Å². The number of hydrogen-bond donors (Lipinski definition) is 2. The number of carbonyl (C=O) groups excluding carboxylic acids is 1. The highest BCUT2D eigenvalue weighted by Gasteiger charge is 2.43. The summed E-state index contributed by atoms with van der Waals surface area (Å²) in [4.78, 5) is 24.3. The van der Waals surface area contributed by atoms with Crippen molar-refractivity contribution in [1.29, 1.82) is 0 Å². The Morgan fingerprint density at radius 3 is 2.60 bits per heavy atom. The van der Waals surface area contributed by atoms with Gasteiger partial charge in [0.15, 0.2) is 5.60 Å². The van der Waals surface area contributed by atoms with Crippen LogP contribution in [0.2, 0.25) is 5.02 Å². The van der Waals surface area contributed by atoms with Crippen LogP contribution in [0.5, 0.6) is 11.5 Å². The van der Waals surface area contributed by atoms with Crippen LogP contribution in [0.25, 0.3) is 0 Å². The van der Waals surface area contributed by atoms with Gasteiger partial charge >= 0.3 is 5.97 Å². The Labute approximate surface area is 179 Å². The summed E-state index contributed by atoms with van der Waals surface area (Å²) in [5.74, 6) is -0.139. The van der Waals surface area contributed by atoms with Crippen LogP contribution in [0.15, 0.2) is 36.4 Å². The number of halogens is 1. The second-order valence-corrected chi connectivity index (χ2v) is 7.51. The highest BCUT2D eigenvalue weighted by Crippen LogP contribution is 2.31. The van der Waals surface area contributed by atoms with Crippen molar-refractivity contribution in [2.75, 3.05) is 20.8 Å². The molecule has 1 atom stereocenters. The van der Waals surface area contributed by atoms with Gasteiger partial charge in [0.25, 0.3) is 5.91 Å². The van der Waals surface area contributed by atoms with Crippen molar-refractivity contribution in [2.24, 2.45) is 0 Å². The molecule has 0 radical (unpaired) electrons. The lowest BCUT2D eigenvalue weighted by Gasteiger charge is -2.24.